The maximum Gasteiger partial charge on any atom is 0.255 e. The molecule has 2 heterocycles. The molecular weight excluding hydrogens is 340 g/mol. The first-order chi connectivity index (χ1) is 11.0. The third-order valence-electron chi connectivity index (χ3n) is 4.17. The minimum Gasteiger partial charge on any atom is -0.378 e. The average molecular weight is 359 g/mol. The molecule has 0 atom stereocenters. The van der Waals surface area contributed by atoms with E-state index < -0.39 is 10.0 Å². The number of carbonyl (C=O) groups excluding carboxylic acids is 1. The number of halogens is 1. The van der Waals surface area contributed by atoms with Crippen LogP contribution in [-0.4, -0.2) is 62.9 Å². The first-order valence-electron chi connectivity index (χ1n) is 7.67. The third kappa shape index (κ3) is 3.38. The Balaban J connectivity index is 1.91. The van der Waals surface area contributed by atoms with Crippen molar-refractivity contribution < 1.29 is 17.9 Å². The van der Waals surface area contributed by atoms with Gasteiger partial charge in [-0.15, -0.1) is 0 Å². The molecule has 2 saturated heterocycles. The molecule has 0 saturated carbocycles. The molecule has 0 bridgehead atoms. The second-order valence-corrected chi connectivity index (χ2v) is 8.00. The van der Waals surface area contributed by atoms with Crippen LogP contribution >= 0.6 is 11.6 Å². The molecule has 1 aromatic carbocycles. The van der Waals surface area contributed by atoms with E-state index in [1.54, 1.807) is 4.90 Å². The van der Waals surface area contributed by atoms with Gasteiger partial charge in [0.1, 0.15) is 0 Å². The summed E-state index contributed by atoms with van der Waals surface area (Å²) < 4.78 is 32.0. The summed E-state index contributed by atoms with van der Waals surface area (Å²) in [7, 11) is -3.56. The highest BCUT2D eigenvalue weighted by molar-refractivity contribution is 7.89. The van der Waals surface area contributed by atoms with Gasteiger partial charge in [-0.3, -0.25) is 4.79 Å². The molecular formula is C15H19ClN2O4S. The molecule has 2 aliphatic rings. The summed E-state index contributed by atoms with van der Waals surface area (Å²) in [5, 5.41) is 0.266. The smallest absolute Gasteiger partial charge is 0.255 e. The molecule has 0 unspecified atom stereocenters. The summed E-state index contributed by atoms with van der Waals surface area (Å²) in [6, 6.07) is 4.35. The molecule has 0 aliphatic carbocycles. The highest BCUT2D eigenvalue weighted by atomic mass is 35.5. The van der Waals surface area contributed by atoms with Crippen molar-refractivity contribution in [1.82, 2.24) is 9.21 Å². The maximum absolute atomic E-state index is 12.6. The Labute approximate surface area is 141 Å². The van der Waals surface area contributed by atoms with Gasteiger partial charge in [0.25, 0.3) is 5.91 Å². The van der Waals surface area contributed by atoms with Gasteiger partial charge < -0.3 is 9.64 Å². The molecule has 8 heteroatoms. The van der Waals surface area contributed by atoms with E-state index in [1.165, 1.54) is 22.5 Å². The molecule has 0 aromatic heterocycles. The molecule has 0 N–H and O–H groups in total. The Kier molecular flexibility index (Phi) is 4.91. The van der Waals surface area contributed by atoms with E-state index in [9.17, 15) is 13.2 Å². The first-order valence-corrected chi connectivity index (χ1v) is 9.49. The standard InChI is InChI=1S/C15H19ClN2O4S/c16-14-4-3-12(23(20,21)18-5-1-2-6-18)11-13(14)15(19)17-7-9-22-10-8-17/h3-4,11H,1-2,5-10H2. The van der Waals surface area contributed by atoms with Gasteiger partial charge >= 0.3 is 0 Å². The Morgan fingerprint density at radius 2 is 1.74 bits per heavy atom. The van der Waals surface area contributed by atoms with Crippen LogP contribution in [0, 0.1) is 0 Å². The van der Waals surface area contributed by atoms with Gasteiger partial charge in [0.05, 0.1) is 28.7 Å². The van der Waals surface area contributed by atoms with Crippen LogP contribution in [0.4, 0.5) is 0 Å². The monoisotopic (exact) mass is 358 g/mol. The summed E-state index contributed by atoms with van der Waals surface area (Å²) in [5.74, 6) is -0.253. The molecule has 1 aromatic rings. The zero-order valence-electron chi connectivity index (χ0n) is 12.7. The van der Waals surface area contributed by atoms with Crippen LogP contribution in [0.25, 0.3) is 0 Å². The van der Waals surface area contributed by atoms with E-state index in [0.29, 0.717) is 39.4 Å². The predicted octanol–water partition coefficient (Wildman–Crippen LogP) is 1.60. The number of amides is 1. The SMILES string of the molecule is O=C(c1cc(S(=O)(=O)N2CCCC2)ccc1Cl)N1CCOCC1. The Hall–Kier alpha value is -1.15. The Bertz CT molecular complexity index is 695. The molecule has 0 radical (unpaired) electrons. The van der Waals surface area contributed by atoms with E-state index >= 15 is 0 Å². The van der Waals surface area contributed by atoms with E-state index in [0.717, 1.165) is 12.8 Å². The number of morpholine rings is 1. The molecule has 23 heavy (non-hydrogen) atoms. The molecule has 2 fully saturated rings. The average Bonchev–Trinajstić information content (AvgIpc) is 3.10. The Morgan fingerprint density at radius 1 is 1.09 bits per heavy atom. The van der Waals surface area contributed by atoms with Crippen LogP contribution in [0.15, 0.2) is 23.1 Å². The lowest BCUT2D eigenvalue weighted by atomic mass is 10.2. The Morgan fingerprint density at radius 3 is 2.39 bits per heavy atom. The zero-order valence-corrected chi connectivity index (χ0v) is 14.3. The summed E-state index contributed by atoms with van der Waals surface area (Å²) in [6.07, 6.45) is 1.73. The first kappa shape index (κ1) is 16.7. The van der Waals surface area contributed by atoms with Crippen molar-refractivity contribution in [1.29, 1.82) is 0 Å². The van der Waals surface area contributed by atoms with Crippen LogP contribution in [0.3, 0.4) is 0 Å². The van der Waals surface area contributed by atoms with Gasteiger partial charge in [-0.25, -0.2) is 8.42 Å². The topological polar surface area (TPSA) is 66.9 Å². The fourth-order valence-electron chi connectivity index (χ4n) is 2.84. The second kappa shape index (κ2) is 6.76. The maximum atomic E-state index is 12.6. The summed E-state index contributed by atoms with van der Waals surface area (Å²) in [4.78, 5) is 14.4. The van der Waals surface area contributed by atoms with Crippen molar-refractivity contribution in [3.63, 3.8) is 0 Å². The summed E-state index contributed by atoms with van der Waals surface area (Å²) >= 11 is 6.13. The van der Waals surface area contributed by atoms with Gasteiger partial charge in [-0.1, -0.05) is 11.6 Å². The second-order valence-electron chi connectivity index (χ2n) is 5.66. The number of hydrogen-bond donors (Lipinski definition) is 0. The highest BCUT2D eigenvalue weighted by Gasteiger charge is 2.29. The van der Waals surface area contributed by atoms with Crippen molar-refractivity contribution in [2.45, 2.75) is 17.7 Å². The van der Waals surface area contributed by atoms with Crippen molar-refractivity contribution in [3.8, 4) is 0 Å². The van der Waals surface area contributed by atoms with Crippen LogP contribution in [0.2, 0.25) is 5.02 Å². The van der Waals surface area contributed by atoms with Crippen molar-refractivity contribution in [2.24, 2.45) is 0 Å². The molecule has 0 spiro atoms. The van der Waals surface area contributed by atoms with Crippen LogP contribution in [0.5, 0.6) is 0 Å². The largest absolute Gasteiger partial charge is 0.378 e. The van der Waals surface area contributed by atoms with Crippen LogP contribution < -0.4 is 0 Å². The van der Waals surface area contributed by atoms with Gasteiger partial charge in [-0.05, 0) is 31.0 Å². The van der Waals surface area contributed by atoms with E-state index in [2.05, 4.69) is 0 Å². The molecule has 6 nitrogen and oxygen atoms in total. The van der Waals surface area contributed by atoms with Crippen molar-refractivity contribution in [3.05, 3.63) is 28.8 Å². The molecule has 3 rings (SSSR count). The fourth-order valence-corrected chi connectivity index (χ4v) is 4.59. The number of rotatable bonds is 3. The zero-order chi connectivity index (χ0) is 16.4. The van der Waals surface area contributed by atoms with Gasteiger partial charge in [-0.2, -0.15) is 4.31 Å². The molecule has 126 valence electrons. The van der Waals surface area contributed by atoms with Crippen LogP contribution in [0.1, 0.15) is 23.2 Å². The molecule has 1 amide bonds. The number of hydrogen-bond acceptors (Lipinski definition) is 4. The highest BCUT2D eigenvalue weighted by Crippen LogP contribution is 2.26. The summed E-state index contributed by atoms with van der Waals surface area (Å²) in [5.41, 5.74) is 0.230. The van der Waals surface area contributed by atoms with E-state index in [1.807, 2.05) is 0 Å². The van der Waals surface area contributed by atoms with Gasteiger partial charge in [0, 0.05) is 26.2 Å². The lowest BCUT2D eigenvalue weighted by Gasteiger charge is -2.27. The lowest BCUT2D eigenvalue weighted by Crippen LogP contribution is -2.40. The molecule has 2 aliphatic heterocycles. The number of benzene rings is 1. The number of sulfonamides is 1. The van der Waals surface area contributed by atoms with Crippen molar-refractivity contribution >= 4 is 27.5 Å². The fraction of sp³-hybridized carbons (Fsp3) is 0.533. The summed E-state index contributed by atoms with van der Waals surface area (Å²) in [6.45, 7) is 2.98. The van der Waals surface area contributed by atoms with Gasteiger partial charge in [0.15, 0.2) is 0 Å². The van der Waals surface area contributed by atoms with E-state index in [-0.39, 0.29) is 21.4 Å². The third-order valence-corrected chi connectivity index (χ3v) is 6.39. The minimum absolute atomic E-state index is 0.125. The van der Waals surface area contributed by atoms with Gasteiger partial charge in [0.2, 0.25) is 10.0 Å². The normalized spacial score (nSPS) is 20.0. The quantitative estimate of drug-likeness (QED) is 0.823. The van der Waals surface area contributed by atoms with Crippen molar-refractivity contribution in [2.75, 3.05) is 39.4 Å². The number of carbonyl (C=O) groups is 1. The van der Waals surface area contributed by atoms with Crippen LogP contribution in [-0.2, 0) is 14.8 Å². The lowest BCUT2D eigenvalue weighted by molar-refractivity contribution is 0.0303. The minimum atomic E-state index is -3.56. The van der Waals surface area contributed by atoms with E-state index in [4.69, 9.17) is 16.3 Å². The number of nitrogens with zero attached hydrogens (tertiary/aromatic N) is 2. The number of ether oxygens (including phenoxy) is 1. The predicted molar refractivity (Wildman–Crippen MR) is 86.2 cm³/mol.